The van der Waals surface area contributed by atoms with Crippen LogP contribution in [-0.2, 0) is 12.7 Å². The molecule has 2 aromatic carbocycles. The van der Waals surface area contributed by atoms with Gasteiger partial charge in [0, 0.05) is 5.56 Å². The van der Waals surface area contributed by atoms with Crippen LogP contribution in [0.15, 0.2) is 60.2 Å². The molecule has 30 heavy (non-hydrogen) atoms. The number of likely N-dealkylation sites (N-methyl/N-ethyl adjacent to an activating group) is 1. The number of halogens is 3. The highest BCUT2D eigenvalue weighted by atomic mass is 19.4. The lowest BCUT2D eigenvalue weighted by Gasteiger charge is -2.57. The van der Waals surface area contributed by atoms with Gasteiger partial charge in [0.1, 0.15) is 13.1 Å². The standard InChI is InChI=1S/C26H31F3N/c1-25(2)22-13-12-21(24(25)15-22)17-30(3,4)16-18-8-10-19(11-9-18)20-6-5-7-23(14-20)26(27,28)29/h5-12,14,22,24H,13,15-17H2,1-4H3/q+1/t22-,24-/m0/s1. The normalized spacial score (nSPS) is 23.0. The van der Waals surface area contributed by atoms with Crippen LogP contribution in [-0.4, -0.2) is 25.1 Å². The van der Waals surface area contributed by atoms with E-state index >= 15 is 0 Å². The number of allylic oxidation sites excluding steroid dienone is 1. The van der Waals surface area contributed by atoms with Crippen molar-refractivity contribution >= 4 is 0 Å². The fourth-order valence-corrected chi connectivity index (χ4v) is 5.38. The topological polar surface area (TPSA) is 0 Å². The predicted octanol–water partition coefficient (Wildman–Crippen LogP) is 6.94. The molecule has 1 nitrogen and oxygen atoms in total. The van der Waals surface area contributed by atoms with Crippen LogP contribution in [0.25, 0.3) is 11.1 Å². The van der Waals surface area contributed by atoms with E-state index in [0.717, 1.165) is 41.0 Å². The number of hydrogen-bond donors (Lipinski definition) is 0. The number of fused-ring (bicyclic) bond motifs is 1. The molecule has 1 saturated carbocycles. The van der Waals surface area contributed by atoms with Gasteiger partial charge in [0.05, 0.1) is 19.7 Å². The molecular formula is C26H31F3N+. The Hall–Kier alpha value is -2.07. The Morgan fingerprint density at radius 3 is 2.27 bits per heavy atom. The summed E-state index contributed by atoms with van der Waals surface area (Å²) in [6.45, 7) is 6.77. The minimum Gasteiger partial charge on any atom is -0.321 e. The number of alkyl halides is 3. The van der Waals surface area contributed by atoms with Crippen molar-refractivity contribution in [3.8, 4) is 11.1 Å². The molecule has 0 unspecified atom stereocenters. The third kappa shape index (κ3) is 4.07. The van der Waals surface area contributed by atoms with Crippen molar-refractivity contribution in [1.82, 2.24) is 0 Å². The van der Waals surface area contributed by atoms with Crippen molar-refractivity contribution in [2.24, 2.45) is 17.3 Å². The van der Waals surface area contributed by atoms with E-state index in [2.05, 4.69) is 34.0 Å². The van der Waals surface area contributed by atoms with E-state index in [4.69, 9.17) is 0 Å². The van der Waals surface area contributed by atoms with Gasteiger partial charge in [-0.15, -0.1) is 0 Å². The molecule has 3 aliphatic carbocycles. The lowest BCUT2D eigenvalue weighted by Crippen LogP contribution is -2.52. The first-order chi connectivity index (χ1) is 14.0. The van der Waals surface area contributed by atoms with Gasteiger partial charge < -0.3 is 4.48 Å². The number of hydrogen-bond acceptors (Lipinski definition) is 0. The number of nitrogens with zero attached hydrogens (tertiary/aromatic N) is 1. The quantitative estimate of drug-likeness (QED) is 0.367. The van der Waals surface area contributed by atoms with Gasteiger partial charge in [0.2, 0.25) is 0 Å². The smallest absolute Gasteiger partial charge is 0.321 e. The average molecular weight is 415 g/mol. The first kappa shape index (κ1) is 21.2. The fraction of sp³-hybridized carbons (Fsp3) is 0.462. The SMILES string of the molecule is CC1(C)[C@H]2CC=C(C[N+](C)(C)Cc3ccc(-c4cccc(C(F)(F)F)c4)cc3)[C@@H]1C2. The van der Waals surface area contributed by atoms with Crippen LogP contribution in [0.2, 0.25) is 0 Å². The van der Waals surface area contributed by atoms with Crippen LogP contribution in [0.4, 0.5) is 13.2 Å². The van der Waals surface area contributed by atoms with E-state index in [0.29, 0.717) is 11.0 Å². The van der Waals surface area contributed by atoms with Crippen LogP contribution < -0.4 is 0 Å². The first-order valence-electron chi connectivity index (χ1n) is 10.7. The zero-order valence-corrected chi connectivity index (χ0v) is 18.3. The molecule has 0 radical (unpaired) electrons. The Balaban J connectivity index is 1.45. The van der Waals surface area contributed by atoms with Gasteiger partial charge in [-0.2, -0.15) is 13.2 Å². The molecule has 1 fully saturated rings. The second kappa shape index (κ2) is 7.26. The van der Waals surface area contributed by atoms with E-state index < -0.39 is 11.7 Å². The highest BCUT2D eigenvalue weighted by molar-refractivity contribution is 5.64. The van der Waals surface area contributed by atoms with Crippen molar-refractivity contribution in [2.75, 3.05) is 20.6 Å². The maximum Gasteiger partial charge on any atom is 0.416 e. The molecule has 160 valence electrons. The molecule has 0 aliphatic heterocycles. The third-order valence-electron chi connectivity index (χ3n) is 7.28. The Morgan fingerprint density at radius 2 is 1.67 bits per heavy atom. The average Bonchev–Trinajstić information content (AvgIpc) is 2.67. The molecule has 0 spiro atoms. The van der Waals surface area contributed by atoms with Gasteiger partial charge in [0.25, 0.3) is 0 Å². The molecule has 3 aliphatic rings. The van der Waals surface area contributed by atoms with Gasteiger partial charge in [-0.1, -0.05) is 56.3 Å². The monoisotopic (exact) mass is 414 g/mol. The van der Waals surface area contributed by atoms with Gasteiger partial charge in [-0.05, 0) is 58.9 Å². The van der Waals surface area contributed by atoms with Crippen molar-refractivity contribution in [2.45, 2.75) is 39.4 Å². The summed E-state index contributed by atoms with van der Waals surface area (Å²) < 4.78 is 39.9. The van der Waals surface area contributed by atoms with Crippen molar-refractivity contribution in [3.05, 3.63) is 71.3 Å². The lowest BCUT2D eigenvalue weighted by atomic mass is 9.49. The van der Waals surface area contributed by atoms with E-state index in [1.807, 2.05) is 24.3 Å². The third-order valence-corrected chi connectivity index (χ3v) is 7.28. The summed E-state index contributed by atoms with van der Waals surface area (Å²) in [6, 6.07) is 13.5. The summed E-state index contributed by atoms with van der Waals surface area (Å²) in [5.74, 6) is 1.57. The zero-order chi connectivity index (χ0) is 21.7. The summed E-state index contributed by atoms with van der Waals surface area (Å²) >= 11 is 0. The lowest BCUT2D eigenvalue weighted by molar-refractivity contribution is -0.899. The molecule has 0 saturated heterocycles. The van der Waals surface area contributed by atoms with Crippen molar-refractivity contribution < 1.29 is 17.7 Å². The molecular weight excluding hydrogens is 383 g/mol. The predicted molar refractivity (Wildman–Crippen MR) is 116 cm³/mol. The number of quaternary nitrogens is 1. The maximum atomic E-state index is 13.0. The maximum absolute atomic E-state index is 13.0. The number of rotatable bonds is 5. The molecule has 0 heterocycles. The van der Waals surface area contributed by atoms with E-state index in [-0.39, 0.29) is 0 Å². The Kier molecular flexibility index (Phi) is 5.13. The number of benzene rings is 2. The minimum atomic E-state index is -4.32. The van der Waals surface area contributed by atoms with Crippen molar-refractivity contribution in [1.29, 1.82) is 0 Å². The second-order valence-electron chi connectivity index (χ2n) is 10.3. The minimum absolute atomic E-state index is 0.441. The van der Waals surface area contributed by atoms with Gasteiger partial charge >= 0.3 is 6.18 Å². The zero-order valence-electron chi connectivity index (χ0n) is 18.3. The molecule has 2 aromatic rings. The first-order valence-corrected chi connectivity index (χ1v) is 10.7. The summed E-state index contributed by atoms with van der Waals surface area (Å²) in [4.78, 5) is 0. The molecule has 2 bridgehead atoms. The van der Waals surface area contributed by atoms with E-state index in [1.165, 1.54) is 30.5 Å². The summed E-state index contributed by atoms with van der Waals surface area (Å²) in [6.07, 6.45) is 0.705. The van der Waals surface area contributed by atoms with Crippen LogP contribution in [0.1, 0.15) is 37.8 Å². The molecule has 4 heteroatoms. The van der Waals surface area contributed by atoms with Crippen LogP contribution in [0.5, 0.6) is 0 Å². The van der Waals surface area contributed by atoms with Crippen molar-refractivity contribution in [3.63, 3.8) is 0 Å². The Morgan fingerprint density at radius 1 is 0.967 bits per heavy atom. The summed E-state index contributed by atoms with van der Waals surface area (Å²) in [5.41, 5.74) is 4.05. The van der Waals surface area contributed by atoms with Gasteiger partial charge in [0.15, 0.2) is 0 Å². The second-order valence-corrected chi connectivity index (χ2v) is 10.3. The fourth-order valence-electron chi connectivity index (χ4n) is 5.38. The van der Waals surface area contributed by atoms with Gasteiger partial charge in [-0.25, -0.2) is 0 Å². The van der Waals surface area contributed by atoms with E-state index in [9.17, 15) is 13.2 Å². The molecule has 5 rings (SSSR count). The van der Waals surface area contributed by atoms with Crippen LogP contribution >= 0.6 is 0 Å². The molecule has 2 atom stereocenters. The largest absolute Gasteiger partial charge is 0.416 e. The molecule has 0 aromatic heterocycles. The summed E-state index contributed by atoms with van der Waals surface area (Å²) in [7, 11) is 4.53. The Bertz CT molecular complexity index is 951. The van der Waals surface area contributed by atoms with Gasteiger partial charge in [-0.3, -0.25) is 0 Å². The van der Waals surface area contributed by atoms with Crippen LogP contribution in [0, 0.1) is 17.3 Å². The van der Waals surface area contributed by atoms with Crippen LogP contribution in [0.3, 0.4) is 0 Å². The Labute approximate surface area is 177 Å². The highest BCUT2D eigenvalue weighted by Gasteiger charge is 2.52. The molecule has 0 amide bonds. The van der Waals surface area contributed by atoms with E-state index in [1.54, 1.807) is 11.6 Å². The highest BCUT2D eigenvalue weighted by Crippen LogP contribution is 2.59. The summed E-state index contributed by atoms with van der Waals surface area (Å²) in [5, 5.41) is 0. The molecule has 0 N–H and O–H groups in total.